The standard InChI is InChI=1S/C16H17BrFNO/c1-2-19-10-13-7-15(18)9-16(8-13)20-11-12-4-3-5-14(17)6-12/h3-9,19H,2,10-11H2,1H3. The van der Waals surface area contributed by atoms with Crippen LogP contribution in [0.25, 0.3) is 0 Å². The zero-order valence-electron chi connectivity index (χ0n) is 11.3. The quantitative estimate of drug-likeness (QED) is 0.849. The van der Waals surface area contributed by atoms with Crippen molar-refractivity contribution in [2.75, 3.05) is 6.54 Å². The van der Waals surface area contributed by atoms with Crippen molar-refractivity contribution >= 4 is 15.9 Å². The molecule has 0 spiro atoms. The van der Waals surface area contributed by atoms with E-state index in [1.165, 1.54) is 12.1 Å². The molecule has 0 heterocycles. The van der Waals surface area contributed by atoms with Crippen molar-refractivity contribution in [1.29, 1.82) is 0 Å². The Kier molecular flexibility index (Phi) is 5.56. The van der Waals surface area contributed by atoms with E-state index in [1.54, 1.807) is 0 Å². The summed E-state index contributed by atoms with van der Waals surface area (Å²) in [6.07, 6.45) is 0. The number of hydrogen-bond donors (Lipinski definition) is 1. The summed E-state index contributed by atoms with van der Waals surface area (Å²) in [5.74, 6) is 0.280. The fraction of sp³-hybridized carbons (Fsp3) is 0.250. The van der Waals surface area contributed by atoms with Gasteiger partial charge < -0.3 is 10.1 Å². The lowest BCUT2D eigenvalue weighted by Crippen LogP contribution is -2.12. The Bertz CT molecular complexity index is 574. The van der Waals surface area contributed by atoms with Crippen molar-refractivity contribution in [3.8, 4) is 5.75 Å². The fourth-order valence-electron chi connectivity index (χ4n) is 1.87. The van der Waals surface area contributed by atoms with Gasteiger partial charge in [0.1, 0.15) is 18.2 Å². The van der Waals surface area contributed by atoms with E-state index in [2.05, 4.69) is 21.2 Å². The van der Waals surface area contributed by atoms with Crippen LogP contribution in [0.3, 0.4) is 0 Å². The number of benzene rings is 2. The monoisotopic (exact) mass is 337 g/mol. The molecular weight excluding hydrogens is 321 g/mol. The second-order valence-corrected chi connectivity index (χ2v) is 5.41. The van der Waals surface area contributed by atoms with Gasteiger partial charge in [0.15, 0.2) is 0 Å². The highest BCUT2D eigenvalue weighted by molar-refractivity contribution is 9.10. The third kappa shape index (κ3) is 4.62. The van der Waals surface area contributed by atoms with Gasteiger partial charge in [-0.2, -0.15) is 0 Å². The van der Waals surface area contributed by atoms with Crippen molar-refractivity contribution < 1.29 is 9.13 Å². The molecule has 4 heteroatoms. The van der Waals surface area contributed by atoms with Gasteiger partial charge in [0.25, 0.3) is 0 Å². The van der Waals surface area contributed by atoms with Crippen LogP contribution in [0.15, 0.2) is 46.9 Å². The molecule has 2 rings (SSSR count). The molecule has 2 nitrogen and oxygen atoms in total. The van der Waals surface area contributed by atoms with Crippen molar-refractivity contribution in [2.45, 2.75) is 20.1 Å². The van der Waals surface area contributed by atoms with Crippen molar-refractivity contribution in [1.82, 2.24) is 5.32 Å². The highest BCUT2D eigenvalue weighted by atomic mass is 79.9. The molecule has 106 valence electrons. The van der Waals surface area contributed by atoms with Crippen LogP contribution in [0.4, 0.5) is 4.39 Å². The summed E-state index contributed by atoms with van der Waals surface area (Å²) in [7, 11) is 0. The number of halogens is 2. The minimum Gasteiger partial charge on any atom is -0.489 e. The summed E-state index contributed by atoms with van der Waals surface area (Å²) in [5, 5.41) is 3.17. The maximum absolute atomic E-state index is 13.5. The Morgan fingerprint density at radius 3 is 2.75 bits per heavy atom. The van der Waals surface area contributed by atoms with Gasteiger partial charge in [-0.15, -0.1) is 0 Å². The van der Waals surface area contributed by atoms with Gasteiger partial charge in [-0.05, 0) is 41.9 Å². The summed E-state index contributed by atoms with van der Waals surface area (Å²) < 4.78 is 20.2. The van der Waals surface area contributed by atoms with E-state index in [0.29, 0.717) is 18.9 Å². The minimum absolute atomic E-state index is 0.273. The van der Waals surface area contributed by atoms with Crippen molar-refractivity contribution in [3.05, 3.63) is 63.9 Å². The van der Waals surface area contributed by atoms with Gasteiger partial charge in [-0.1, -0.05) is 35.0 Å². The molecule has 0 unspecified atom stereocenters. The third-order valence-electron chi connectivity index (χ3n) is 2.80. The summed E-state index contributed by atoms with van der Waals surface area (Å²) in [5.41, 5.74) is 1.92. The lowest BCUT2D eigenvalue weighted by molar-refractivity contribution is 0.304. The summed E-state index contributed by atoms with van der Waals surface area (Å²) in [6, 6.07) is 12.7. The second-order valence-electron chi connectivity index (χ2n) is 4.49. The maximum atomic E-state index is 13.5. The second kappa shape index (κ2) is 7.41. The van der Waals surface area contributed by atoms with E-state index in [4.69, 9.17) is 4.74 Å². The molecule has 1 N–H and O–H groups in total. The lowest BCUT2D eigenvalue weighted by Gasteiger charge is -2.09. The Hall–Kier alpha value is -1.39. The molecule has 2 aromatic carbocycles. The van der Waals surface area contributed by atoms with Gasteiger partial charge in [0, 0.05) is 17.1 Å². The van der Waals surface area contributed by atoms with E-state index in [9.17, 15) is 4.39 Å². The first-order valence-electron chi connectivity index (χ1n) is 6.55. The molecule has 0 aromatic heterocycles. The average molecular weight is 338 g/mol. The van der Waals surface area contributed by atoms with Crippen LogP contribution in [0.5, 0.6) is 5.75 Å². The molecule has 0 aliphatic carbocycles. The number of nitrogens with one attached hydrogen (secondary N) is 1. The van der Waals surface area contributed by atoms with Crippen LogP contribution >= 0.6 is 15.9 Å². The van der Waals surface area contributed by atoms with Gasteiger partial charge >= 0.3 is 0 Å². The maximum Gasteiger partial charge on any atom is 0.127 e. The van der Waals surface area contributed by atoms with Gasteiger partial charge in [0.2, 0.25) is 0 Å². The molecular formula is C16H17BrFNO. The Labute approximate surface area is 127 Å². The molecule has 0 bridgehead atoms. The first kappa shape index (κ1) is 15.0. The first-order valence-corrected chi connectivity index (χ1v) is 7.34. The number of hydrogen-bond acceptors (Lipinski definition) is 2. The molecule has 0 fully saturated rings. The van der Waals surface area contributed by atoms with Crippen LogP contribution < -0.4 is 10.1 Å². The molecule has 0 saturated heterocycles. The van der Waals surface area contributed by atoms with E-state index < -0.39 is 0 Å². The predicted octanol–water partition coefficient (Wildman–Crippen LogP) is 4.28. The van der Waals surface area contributed by atoms with E-state index in [-0.39, 0.29) is 5.82 Å². The van der Waals surface area contributed by atoms with Crippen LogP contribution in [0.2, 0.25) is 0 Å². The van der Waals surface area contributed by atoms with Crippen LogP contribution in [0.1, 0.15) is 18.1 Å². The fourth-order valence-corrected chi connectivity index (χ4v) is 2.32. The lowest BCUT2D eigenvalue weighted by atomic mass is 10.2. The summed E-state index contributed by atoms with van der Waals surface area (Å²) in [6.45, 7) is 3.93. The summed E-state index contributed by atoms with van der Waals surface area (Å²) >= 11 is 3.42. The smallest absolute Gasteiger partial charge is 0.127 e. The van der Waals surface area contributed by atoms with E-state index in [1.807, 2.05) is 37.3 Å². The average Bonchev–Trinajstić information content (AvgIpc) is 2.42. The molecule has 0 atom stereocenters. The predicted molar refractivity (Wildman–Crippen MR) is 82.3 cm³/mol. The Morgan fingerprint density at radius 1 is 1.15 bits per heavy atom. The zero-order valence-corrected chi connectivity index (χ0v) is 12.9. The molecule has 0 aliphatic rings. The van der Waals surface area contributed by atoms with Crippen LogP contribution in [0, 0.1) is 5.82 Å². The molecule has 0 radical (unpaired) electrons. The summed E-state index contributed by atoms with van der Waals surface area (Å²) in [4.78, 5) is 0. The van der Waals surface area contributed by atoms with E-state index in [0.717, 1.165) is 22.1 Å². The molecule has 2 aromatic rings. The first-order chi connectivity index (χ1) is 9.67. The SMILES string of the molecule is CCNCc1cc(F)cc(OCc2cccc(Br)c2)c1. The largest absolute Gasteiger partial charge is 0.489 e. The Balaban J connectivity index is 2.03. The van der Waals surface area contributed by atoms with Gasteiger partial charge in [0.05, 0.1) is 0 Å². The minimum atomic E-state index is -0.273. The molecule has 0 saturated carbocycles. The number of rotatable bonds is 6. The van der Waals surface area contributed by atoms with Crippen LogP contribution in [-0.4, -0.2) is 6.54 Å². The van der Waals surface area contributed by atoms with E-state index >= 15 is 0 Å². The highest BCUT2D eigenvalue weighted by Gasteiger charge is 2.03. The normalized spacial score (nSPS) is 10.6. The van der Waals surface area contributed by atoms with Gasteiger partial charge in [-0.25, -0.2) is 4.39 Å². The van der Waals surface area contributed by atoms with Crippen molar-refractivity contribution in [2.24, 2.45) is 0 Å². The molecule has 0 amide bonds. The number of ether oxygens (including phenoxy) is 1. The van der Waals surface area contributed by atoms with Gasteiger partial charge in [-0.3, -0.25) is 0 Å². The topological polar surface area (TPSA) is 21.3 Å². The Morgan fingerprint density at radius 2 is 2.00 bits per heavy atom. The highest BCUT2D eigenvalue weighted by Crippen LogP contribution is 2.19. The molecule has 0 aliphatic heterocycles. The zero-order chi connectivity index (χ0) is 14.4. The molecule has 20 heavy (non-hydrogen) atoms. The van der Waals surface area contributed by atoms with Crippen molar-refractivity contribution in [3.63, 3.8) is 0 Å². The third-order valence-corrected chi connectivity index (χ3v) is 3.30. The van der Waals surface area contributed by atoms with Crippen LogP contribution in [-0.2, 0) is 13.2 Å².